The van der Waals surface area contributed by atoms with Crippen molar-refractivity contribution in [2.75, 3.05) is 56.4 Å². The quantitative estimate of drug-likeness (QED) is 0.406. The molecule has 0 saturated heterocycles. The average Bonchev–Trinajstić information content (AvgIpc) is 2.09. The fraction of sp³-hybridized carbons (Fsp3) is 0.600. The zero-order chi connectivity index (χ0) is 18.6. The molecule has 22 heavy (non-hydrogen) atoms. The Hall–Kier alpha value is -0.990. The van der Waals surface area contributed by atoms with Gasteiger partial charge in [-0.1, -0.05) is 35.9 Å². The van der Waals surface area contributed by atoms with Gasteiger partial charge in [0.25, 0.3) is 0 Å². The van der Waals surface area contributed by atoms with Crippen LogP contribution >= 0.6 is 0 Å². The average molecular weight is 336 g/mol. The molecule has 0 atom stereocenters. The summed E-state index contributed by atoms with van der Waals surface area (Å²) in [4.78, 5) is 0. The molecule has 132 valence electrons. The van der Waals surface area contributed by atoms with Crippen LogP contribution in [-0.2, 0) is 10.4 Å². The maximum Gasteiger partial charge on any atom is 0.0675 e. The molecule has 0 aromatic heterocycles. The molecule has 0 amide bonds. The van der Waals surface area contributed by atoms with Gasteiger partial charge in [0, 0.05) is 10.4 Å². The lowest BCUT2D eigenvalue weighted by Crippen LogP contribution is -2.27. The summed E-state index contributed by atoms with van der Waals surface area (Å²) in [6.07, 6.45) is 0. The predicted octanol–water partition coefficient (Wildman–Crippen LogP) is 1.30. The highest BCUT2D eigenvalue weighted by molar-refractivity contribution is 7.79. The van der Waals surface area contributed by atoms with Crippen LogP contribution < -0.4 is 0 Å². The molecule has 0 N–H and O–H groups in total. The topological polar surface area (TPSA) is 80.3 Å². The first kappa shape index (κ1) is 25.9. The van der Waals surface area contributed by atoms with Gasteiger partial charge >= 0.3 is 0 Å². The molecule has 1 aromatic carbocycles. The number of quaternary nitrogens is 2. The molecule has 0 saturated carbocycles. The van der Waals surface area contributed by atoms with E-state index in [2.05, 4.69) is 75.4 Å². The summed E-state index contributed by atoms with van der Waals surface area (Å²) in [5.74, 6) is 0. The highest BCUT2D eigenvalue weighted by atomic mass is 32.3. The summed E-state index contributed by atoms with van der Waals surface area (Å²) in [7, 11) is 11.8. The molecular weight excluding hydrogens is 304 g/mol. The second kappa shape index (κ2) is 11.6. The van der Waals surface area contributed by atoms with Crippen molar-refractivity contribution in [2.45, 2.75) is 6.92 Å². The van der Waals surface area contributed by atoms with Crippen molar-refractivity contribution in [1.29, 1.82) is 0 Å². The molecule has 1 rings (SSSR count). The van der Waals surface area contributed by atoms with Crippen LogP contribution in [0, 0.1) is 6.92 Å². The molecule has 0 aliphatic heterocycles. The van der Waals surface area contributed by atoms with Crippen molar-refractivity contribution in [1.82, 2.24) is 0 Å². The number of rotatable bonds is 0. The normalized spacial score (nSPS) is 10.9. The molecule has 1 aromatic rings. The summed E-state index contributed by atoms with van der Waals surface area (Å²) in [6.45, 7) is 2.08. The van der Waals surface area contributed by atoms with E-state index in [0.29, 0.717) is 0 Å². The van der Waals surface area contributed by atoms with Crippen LogP contribution in [0.5, 0.6) is 0 Å². The van der Waals surface area contributed by atoms with Crippen molar-refractivity contribution in [3.63, 3.8) is 0 Å². The minimum atomic E-state index is -5.17. The third-order valence-corrected chi connectivity index (χ3v) is 0.940. The van der Waals surface area contributed by atoms with Gasteiger partial charge in [0.1, 0.15) is 0 Å². The van der Waals surface area contributed by atoms with Gasteiger partial charge in [-0.3, -0.25) is 8.42 Å². The lowest BCUT2D eigenvalue weighted by molar-refractivity contribution is -0.849. The van der Waals surface area contributed by atoms with Gasteiger partial charge in [0.15, 0.2) is 0 Å². The van der Waals surface area contributed by atoms with Crippen molar-refractivity contribution in [3.05, 3.63) is 35.9 Å². The Bertz CT molecular complexity index is 429. The van der Waals surface area contributed by atoms with Crippen LogP contribution in [-0.4, -0.2) is 82.9 Å². The smallest absolute Gasteiger partial charge is 0.0675 e. The summed E-state index contributed by atoms with van der Waals surface area (Å²) in [5.41, 5.74) is 1.32. The third-order valence-electron chi connectivity index (χ3n) is 0.940. The van der Waals surface area contributed by atoms with Gasteiger partial charge in [-0.15, -0.1) is 0 Å². The van der Waals surface area contributed by atoms with Crippen LogP contribution in [0.3, 0.4) is 0 Å². The Labute approximate surface area is 136 Å². The molecule has 0 radical (unpaired) electrons. The van der Waals surface area contributed by atoms with E-state index in [9.17, 15) is 0 Å². The maximum atomic E-state index is 8.52. The zero-order valence-electron chi connectivity index (χ0n) is 15.3. The van der Waals surface area contributed by atoms with E-state index in [0.717, 1.165) is 8.97 Å². The first-order chi connectivity index (χ1) is 9.39. The Kier molecular flexibility index (Phi) is 13.6. The van der Waals surface area contributed by atoms with Crippen molar-refractivity contribution < 1.29 is 26.5 Å². The van der Waals surface area contributed by atoms with E-state index in [-0.39, 0.29) is 0 Å². The summed E-state index contributed by atoms with van der Waals surface area (Å²) >= 11 is 0. The summed E-state index contributed by atoms with van der Waals surface area (Å²) < 4.78 is 36.1. The zero-order valence-corrected chi connectivity index (χ0v) is 16.1. The highest BCUT2D eigenvalue weighted by Crippen LogP contribution is 1.92. The first-order valence-corrected chi connectivity index (χ1v) is 7.99. The third kappa shape index (κ3) is 125. The Morgan fingerprint density at radius 2 is 0.909 bits per heavy atom. The van der Waals surface area contributed by atoms with Gasteiger partial charge in [0.05, 0.1) is 56.4 Å². The first-order valence-electron chi connectivity index (χ1n) is 6.66. The predicted molar refractivity (Wildman–Crippen MR) is 89.6 cm³/mol. The van der Waals surface area contributed by atoms with Gasteiger partial charge < -0.3 is 18.1 Å². The Morgan fingerprint density at radius 1 is 0.727 bits per heavy atom. The van der Waals surface area contributed by atoms with Crippen LogP contribution in [0.4, 0.5) is 0 Å². The fourth-order valence-corrected chi connectivity index (χ4v) is 0.534. The molecule has 0 aliphatic rings. The van der Waals surface area contributed by atoms with E-state index >= 15 is 0 Å². The van der Waals surface area contributed by atoms with Crippen molar-refractivity contribution in [2.24, 2.45) is 0 Å². The molecule has 7 heteroatoms. The molecule has 0 bridgehead atoms. The van der Waals surface area contributed by atoms with Crippen LogP contribution in [0.15, 0.2) is 30.3 Å². The van der Waals surface area contributed by atoms with Crippen molar-refractivity contribution >= 4 is 10.4 Å². The lowest BCUT2D eigenvalue weighted by Gasteiger charge is -2.14. The molecule has 0 fully saturated rings. The fourth-order valence-electron chi connectivity index (χ4n) is 0.534. The molecule has 0 heterocycles. The van der Waals surface area contributed by atoms with E-state index < -0.39 is 10.4 Å². The van der Waals surface area contributed by atoms with Gasteiger partial charge in [0.2, 0.25) is 0 Å². The van der Waals surface area contributed by atoms with Gasteiger partial charge in [-0.25, -0.2) is 0 Å². The molecular formula is C15H32N2O4S. The van der Waals surface area contributed by atoms with E-state index in [4.69, 9.17) is 17.5 Å². The van der Waals surface area contributed by atoms with E-state index in [1.165, 1.54) is 5.56 Å². The molecule has 0 unspecified atom stereocenters. The van der Waals surface area contributed by atoms with Crippen LogP contribution in [0.2, 0.25) is 0 Å². The Morgan fingerprint density at radius 3 is 1.00 bits per heavy atom. The minimum Gasteiger partial charge on any atom is -0.759 e. The Balaban J connectivity index is -0.000000223. The standard InChI is InChI=1S/C7H8.2C4H12N.H2O4S/c1-7-5-3-2-4-6-7;3*1-5(2,3)4/h2-6H,1H3;2*1-4H3;(H2,1,2,3,4)/q;2*+1;/p-2. The number of nitrogens with zero attached hydrogens (tertiary/aromatic N) is 2. The monoisotopic (exact) mass is 336 g/mol. The van der Waals surface area contributed by atoms with Gasteiger partial charge in [-0.2, -0.15) is 0 Å². The van der Waals surface area contributed by atoms with Crippen LogP contribution in [0.25, 0.3) is 0 Å². The number of aryl methyl sites for hydroxylation is 1. The summed E-state index contributed by atoms with van der Waals surface area (Å²) in [6, 6.07) is 10.3. The minimum absolute atomic E-state index is 1.00. The SMILES string of the molecule is C[N+](C)(C)C.C[N+](C)(C)C.Cc1ccccc1.O=S(=O)([O-])[O-]. The second-order valence-corrected chi connectivity index (χ2v) is 8.25. The van der Waals surface area contributed by atoms with Gasteiger partial charge in [-0.05, 0) is 6.92 Å². The maximum absolute atomic E-state index is 8.52. The summed E-state index contributed by atoms with van der Waals surface area (Å²) in [5, 5.41) is 0. The van der Waals surface area contributed by atoms with E-state index in [1.807, 2.05) is 18.2 Å². The lowest BCUT2D eigenvalue weighted by atomic mass is 10.2. The highest BCUT2D eigenvalue weighted by Gasteiger charge is 1.88. The number of hydrogen-bond acceptors (Lipinski definition) is 4. The van der Waals surface area contributed by atoms with Crippen LogP contribution in [0.1, 0.15) is 5.56 Å². The number of hydrogen-bond donors (Lipinski definition) is 0. The largest absolute Gasteiger partial charge is 0.759 e. The molecule has 0 spiro atoms. The number of benzene rings is 1. The van der Waals surface area contributed by atoms with E-state index in [1.54, 1.807) is 0 Å². The van der Waals surface area contributed by atoms with Crippen molar-refractivity contribution in [3.8, 4) is 0 Å². The molecule has 6 nitrogen and oxygen atoms in total. The second-order valence-electron chi connectivity index (χ2n) is 7.43. The molecule has 0 aliphatic carbocycles.